The van der Waals surface area contributed by atoms with Crippen molar-refractivity contribution < 1.29 is 24.3 Å². The molecule has 0 spiro atoms. The topological polar surface area (TPSA) is 0 Å². The molecule has 154 valence electrons. The molecule has 0 radical (unpaired) electrons. The van der Waals surface area contributed by atoms with Crippen LogP contribution < -0.4 is 0 Å². The largest absolute Gasteiger partial charge is 1.00 e. The molecule has 5 heteroatoms. The Hall–Kier alpha value is 0.698. The fourth-order valence-corrected chi connectivity index (χ4v) is 25.2. The second-order valence-electron chi connectivity index (χ2n) is 11.8. The Morgan fingerprint density at radius 2 is 0.778 bits per heavy atom. The molecule has 0 nitrogen and oxygen atoms in total. The van der Waals surface area contributed by atoms with E-state index < -0.39 is 55.2 Å². The maximum Gasteiger partial charge on any atom is -1.00 e. The van der Waals surface area contributed by atoms with Crippen molar-refractivity contribution in [3.8, 4) is 0 Å². The zero-order chi connectivity index (χ0) is 21.8. The zero-order valence-corrected chi connectivity index (χ0v) is 26.7. The normalized spacial score (nSPS) is 16.5. The fraction of sp³-hybridized carbons (Fsp3) is 0.636. The van der Waals surface area contributed by atoms with Crippen molar-refractivity contribution in [2.75, 3.05) is 0 Å². The molecule has 0 aliphatic carbocycles. The van der Waals surface area contributed by atoms with Gasteiger partial charge in [-0.2, -0.15) is 0 Å². The van der Waals surface area contributed by atoms with Crippen molar-refractivity contribution >= 4 is 32.3 Å². The molecule has 0 aromatic heterocycles. The van der Waals surface area contributed by atoms with Gasteiger partial charge in [-0.1, -0.05) is 0 Å². The van der Waals surface area contributed by atoms with E-state index in [9.17, 15) is 0 Å². The van der Waals surface area contributed by atoms with Crippen LogP contribution >= 0.6 is 0 Å². The van der Waals surface area contributed by atoms with E-state index in [1.54, 1.807) is 10.4 Å². The van der Waals surface area contributed by atoms with Crippen LogP contribution in [0.15, 0.2) is 40.6 Å². The number of hydrogen-bond donors (Lipinski definition) is 0. The predicted octanol–water partition coefficient (Wildman–Crippen LogP) is 8.35. The van der Waals surface area contributed by atoms with Gasteiger partial charge in [-0.25, -0.2) is 0 Å². The van der Waals surface area contributed by atoms with Gasteiger partial charge in [0, 0.05) is 0 Å². The first-order valence-electron chi connectivity index (χ1n) is 10.5. The second-order valence-corrected chi connectivity index (χ2v) is 36.0. The molecule has 0 bridgehead atoms. The Morgan fingerprint density at radius 3 is 0.926 bits per heavy atom. The smallest absolute Gasteiger partial charge is 1.00 e. The molecule has 0 atom stereocenters. The summed E-state index contributed by atoms with van der Waals surface area (Å²) in [7, 11) is -5.41. The minimum atomic E-state index is -1.35. The van der Waals surface area contributed by atoms with E-state index in [1.807, 2.05) is 5.91 Å². The standard InChI is InChI=1S/2C11H23Si2.Sc.H/c2*1-8-9-11(13(5,6)7)10-12(2,3)4;;/h2*8-9H,1-7H3;;/q;;+1;-1. The molecule has 0 aliphatic heterocycles. The van der Waals surface area contributed by atoms with Crippen LogP contribution in [0.25, 0.3) is 0 Å². The van der Waals surface area contributed by atoms with Gasteiger partial charge in [0.15, 0.2) is 0 Å². The summed E-state index contributed by atoms with van der Waals surface area (Å²) in [5.74, 6) is 0. The molecule has 0 aromatic rings. The van der Waals surface area contributed by atoms with Crippen molar-refractivity contribution in [3.05, 3.63) is 40.6 Å². The van der Waals surface area contributed by atoms with Crippen LogP contribution in [0.4, 0.5) is 0 Å². The van der Waals surface area contributed by atoms with E-state index in [2.05, 4.69) is 117 Å². The van der Waals surface area contributed by atoms with E-state index >= 15 is 0 Å². The summed E-state index contributed by atoms with van der Waals surface area (Å²) in [4.78, 5) is 0. The van der Waals surface area contributed by atoms with Gasteiger partial charge in [0.25, 0.3) is 0 Å². The Bertz CT molecular complexity index is 575. The Kier molecular flexibility index (Phi) is 10.4. The summed E-state index contributed by atoms with van der Waals surface area (Å²) in [6.45, 7) is 35.2. The van der Waals surface area contributed by atoms with Gasteiger partial charge in [-0.15, -0.1) is 0 Å². The third kappa shape index (κ3) is 8.93. The quantitative estimate of drug-likeness (QED) is 0.248. The summed E-state index contributed by atoms with van der Waals surface area (Å²) < 4.78 is 3.95. The van der Waals surface area contributed by atoms with Crippen molar-refractivity contribution in [3.63, 3.8) is 0 Å². The van der Waals surface area contributed by atoms with E-state index in [1.165, 1.54) is 0 Å². The molecule has 0 N–H and O–H groups in total. The van der Waals surface area contributed by atoms with Gasteiger partial charge in [0.2, 0.25) is 0 Å². The van der Waals surface area contributed by atoms with Crippen LogP contribution in [-0.2, 0) is 22.9 Å². The van der Waals surface area contributed by atoms with Crippen LogP contribution in [-0.4, -0.2) is 32.3 Å². The summed E-state index contributed by atoms with van der Waals surface area (Å²) in [5.41, 5.74) is 0. The maximum absolute atomic E-state index is 2.59. The second kappa shape index (κ2) is 10.1. The summed E-state index contributed by atoms with van der Waals surface area (Å²) in [5, 5.41) is 3.57. The summed E-state index contributed by atoms with van der Waals surface area (Å²) in [6.07, 6.45) is 9.61. The molecule has 0 amide bonds. The average Bonchev–Trinajstić information content (AvgIpc) is 2.40. The van der Waals surface area contributed by atoms with Crippen LogP contribution in [0.3, 0.4) is 0 Å². The SMILES string of the molecule is CC=CC(=[C]([Sc+][C](=C(C=CC)[Si](C)(C)C)[Si](C)(C)C)[Si](C)(C)C)[Si](C)(C)C.[H-]. The van der Waals surface area contributed by atoms with E-state index in [4.69, 9.17) is 0 Å². The first-order chi connectivity index (χ1) is 11.9. The molecular weight excluding hydrogens is 422 g/mol. The molecular formula is C22H47ScSi4. The fourth-order valence-electron chi connectivity index (χ4n) is 3.36. The monoisotopic (exact) mass is 468 g/mol. The Balaban J connectivity index is 0. The third-order valence-electron chi connectivity index (χ3n) is 4.77. The Labute approximate surface area is 188 Å². The van der Waals surface area contributed by atoms with Crippen LogP contribution in [0.1, 0.15) is 15.3 Å². The first kappa shape index (κ1) is 27.7. The zero-order valence-electron chi connectivity index (χ0n) is 21.9. The first-order valence-corrected chi connectivity index (χ1v) is 26.3. The average molecular weight is 469 g/mol. The molecule has 0 rings (SSSR count). The van der Waals surface area contributed by atoms with Crippen molar-refractivity contribution in [1.29, 1.82) is 0 Å². The molecule has 0 fully saturated rings. The maximum atomic E-state index is 2.59. The summed E-state index contributed by atoms with van der Waals surface area (Å²) >= 11 is -0.619. The van der Waals surface area contributed by atoms with E-state index in [0.29, 0.717) is 0 Å². The van der Waals surface area contributed by atoms with Crippen molar-refractivity contribution in [2.24, 2.45) is 0 Å². The number of hydrogen-bond acceptors (Lipinski definition) is 0. The number of rotatable bonds is 8. The van der Waals surface area contributed by atoms with Gasteiger partial charge in [0.1, 0.15) is 0 Å². The van der Waals surface area contributed by atoms with Crippen LogP contribution in [0.5, 0.6) is 0 Å². The molecule has 0 saturated carbocycles. The molecule has 0 heterocycles. The number of allylic oxidation sites excluding steroid dienone is 6. The molecule has 0 saturated heterocycles. The third-order valence-corrected chi connectivity index (χ3v) is 25.2. The minimum absolute atomic E-state index is 0. The van der Waals surface area contributed by atoms with Crippen LogP contribution in [0.2, 0.25) is 78.6 Å². The Morgan fingerprint density at radius 1 is 0.519 bits per heavy atom. The molecule has 27 heavy (non-hydrogen) atoms. The van der Waals surface area contributed by atoms with Crippen molar-refractivity contribution in [1.82, 2.24) is 0 Å². The molecule has 0 unspecified atom stereocenters. The predicted molar refractivity (Wildman–Crippen MR) is 138 cm³/mol. The van der Waals surface area contributed by atoms with Gasteiger partial charge in [-0.05, 0) is 0 Å². The van der Waals surface area contributed by atoms with Gasteiger partial charge in [0.05, 0.1) is 0 Å². The van der Waals surface area contributed by atoms with Gasteiger partial charge < -0.3 is 1.43 Å². The van der Waals surface area contributed by atoms with Crippen LogP contribution in [0, 0.1) is 0 Å². The van der Waals surface area contributed by atoms with E-state index in [0.717, 1.165) is 0 Å². The molecule has 0 aliphatic rings. The minimum Gasteiger partial charge on any atom is -1.00 e. The summed E-state index contributed by atoms with van der Waals surface area (Å²) in [6, 6.07) is 0. The van der Waals surface area contributed by atoms with Gasteiger partial charge in [-0.3, -0.25) is 0 Å². The van der Waals surface area contributed by atoms with Gasteiger partial charge >= 0.3 is 188 Å². The van der Waals surface area contributed by atoms with E-state index in [-0.39, 0.29) is 1.43 Å². The van der Waals surface area contributed by atoms with Crippen molar-refractivity contribution in [2.45, 2.75) is 92.4 Å². The molecule has 0 aromatic carbocycles.